The van der Waals surface area contributed by atoms with Crippen LogP contribution in [0.5, 0.6) is 0 Å². The van der Waals surface area contributed by atoms with Gasteiger partial charge >= 0.3 is 0 Å². The summed E-state index contributed by atoms with van der Waals surface area (Å²) in [7, 11) is -1.16. The summed E-state index contributed by atoms with van der Waals surface area (Å²) < 4.78 is 26.9. The first-order chi connectivity index (χ1) is 7.95. The van der Waals surface area contributed by atoms with E-state index >= 15 is 0 Å². The van der Waals surface area contributed by atoms with Crippen LogP contribution >= 0.6 is 0 Å². The molecule has 1 aliphatic rings. The number of nitrogens with one attached hydrogen (secondary N) is 2. The Morgan fingerprint density at radius 3 is 2.76 bits per heavy atom. The van der Waals surface area contributed by atoms with Gasteiger partial charge in [0.1, 0.15) is 0 Å². The number of likely N-dealkylation sites (N-methyl/N-ethyl adjacent to an activating group) is 1. The molecule has 17 heavy (non-hydrogen) atoms. The van der Waals surface area contributed by atoms with Gasteiger partial charge in [0.2, 0.25) is 10.0 Å². The van der Waals surface area contributed by atoms with Crippen LogP contribution in [0.25, 0.3) is 0 Å². The van der Waals surface area contributed by atoms with Crippen LogP contribution in [0.3, 0.4) is 0 Å². The average molecular weight is 263 g/mol. The molecule has 1 fully saturated rings. The SMILES string of the molecule is CCNCC(C)S(=O)(=O)NC1CCCN(C)C1. The van der Waals surface area contributed by atoms with Crippen molar-refractivity contribution < 1.29 is 8.42 Å². The first kappa shape index (κ1) is 14.9. The van der Waals surface area contributed by atoms with E-state index < -0.39 is 10.0 Å². The Morgan fingerprint density at radius 1 is 1.47 bits per heavy atom. The third-order valence-electron chi connectivity index (χ3n) is 3.17. The topological polar surface area (TPSA) is 61.4 Å². The van der Waals surface area contributed by atoms with Crippen LogP contribution in [-0.2, 0) is 10.0 Å². The third-order valence-corrected chi connectivity index (χ3v) is 5.05. The summed E-state index contributed by atoms with van der Waals surface area (Å²) in [6, 6.07) is 0.0721. The van der Waals surface area contributed by atoms with Crippen molar-refractivity contribution >= 4 is 10.0 Å². The molecule has 0 radical (unpaired) electrons. The van der Waals surface area contributed by atoms with Gasteiger partial charge in [0, 0.05) is 19.1 Å². The quantitative estimate of drug-likeness (QED) is 0.708. The molecule has 2 N–H and O–H groups in total. The van der Waals surface area contributed by atoms with Crippen molar-refractivity contribution in [1.29, 1.82) is 0 Å². The maximum absolute atomic E-state index is 12.0. The van der Waals surface area contributed by atoms with Gasteiger partial charge in [0.15, 0.2) is 0 Å². The molecule has 1 heterocycles. The lowest BCUT2D eigenvalue weighted by Crippen LogP contribution is -2.49. The molecule has 1 saturated heterocycles. The fourth-order valence-corrected chi connectivity index (χ4v) is 3.29. The number of piperidine rings is 1. The predicted octanol–water partition coefficient (Wildman–Crippen LogP) is -0.00200. The molecule has 6 heteroatoms. The highest BCUT2D eigenvalue weighted by Crippen LogP contribution is 2.10. The first-order valence-corrected chi connectivity index (χ1v) is 7.90. The first-order valence-electron chi connectivity index (χ1n) is 6.36. The lowest BCUT2D eigenvalue weighted by atomic mass is 10.1. The number of nitrogens with zero attached hydrogens (tertiary/aromatic N) is 1. The van der Waals surface area contributed by atoms with Gasteiger partial charge in [-0.05, 0) is 39.9 Å². The average Bonchev–Trinajstić information content (AvgIpc) is 2.25. The molecule has 5 nitrogen and oxygen atoms in total. The lowest BCUT2D eigenvalue weighted by molar-refractivity contribution is 0.242. The molecule has 2 atom stereocenters. The van der Waals surface area contributed by atoms with Crippen LogP contribution in [0, 0.1) is 0 Å². The van der Waals surface area contributed by atoms with Gasteiger partial charge in [-0.1, -0.05) is 6.92 Å². The smallest absolute Gasteiger partial charge is 0.215 e. The highest BCUT2D eigenvalue weighted by Gasteiger charge is 2.26. The Hall–Kier alpha value is -0.170. The van der Waals surface area contributed by atoms with Crippen molar-refractivity contribution in [3.63, 3.8) is 0 Å². The van der Waals surface area contributed by atoms with E-state index in [0.29, 0.717) is 6.54 Å². The Labute approximate surface area is 105 Å². The largest absolute Gasteiger partial charge is 0.316 e. The molecule has 0 bridgehead atoms. The van der Waals surface area contributed by atoms with Crippen molar-refractivity contribution in [1.82, 2.24) is 14.9 Å². The molecule has 0 spiro atoms. The van der Waals surface area contributed by atoms with Gasteiger partial charge in [0.25, 0.3) is 0 Å². The fraction of sp³-hybridized carbons (Fsp3) is 1.00. The van der Waals surface area contributed by atoms with E-state index in [2.05, 4.69) is 14.9 Å². The molecular formula is C11H25N3O2S. The summed E-state index contributed by atoms with van der Waals surface area (Å²) in [6.45, 7) is 6.90. The summed E-state index contributed by atoms with van der Waals surface area (Å²) in [6.07, 6.45) is 2.00. The van der Waals surface area contributed by atoms with Crippen LogP contribution in [0.2, 0.25) is 0 Å². The zero-order valence-corrected chi connectivity index (χ0v) is 11.9. The van der Waals surface area contributed by atoms with E-state index in [-0.39, 0.29) is 11.3 Å². The summed E-state index contributed by atoms with van der Waals surface area (Å²) in [5.74, 6) is 0. The predicted molar refractivity (Wildman–Crippen MR) is 70.6 cm³/mol. The van der Waals surface area contributed by atoms with Crippen LogP contribution in [0.15, 0.2) is 0 Å². The van der Waals surface area contributed by atoms with Gasteiger partial charge in [-0.25, -0.2) is 13.1 Å². The highest BCUT2D eigenvalue weighted by molar-refractivity contribution is 7.90. The van der Waals surface area contributed by atoms with Gasteiger partial charge in [0.05, 0.1) is 5.25 Å². The van der Waals surface area contributed by atoms with Crippen molar-refractivity contribution in [3.8, 4) is 0 Å². The second-order valence-electron chi connectivity index (χ2n) is 4.88. The van der Waals surface area contributed by atoms with Crippen molar-refractivity contribution in [3.05, 3.63) is 0 Å². The molecule has 1 aliphatic heterocycles. The fourth-order valence-electron chi connectivity index (χ4n) is 2.07. The Kier molecular flexibility index (Phi) is 5.85. The molecule has 2 unspecified atom stereocenters. The molecule has 0 saturated carbocycles. The molecule has 0 aromatic rings. The van der Waals surface area contributed by atoms with E-state index in [1.165, 1.54) is 0 Å². The maximum atomic E-state index is 12.0. The Bertz CT molecular complexity index is 319. The van der Waals surface area contributed by atoms with Crippen molar-refractivity contribution in [2.75, 3.05) is 33.2 Å². The van der Waals surface area contributed by atoms with Gasteiger partial charge in [-0.2, -0.15) is 0 Å². The minimum Gasteiger partial charge on any atom is -0.316 e. The van der Waals surface area contributed by atoms with Crippen molar-refractivity contribution in [2.45, 2.75) is 38.0 Å². The van der Waals surface area contributed by atoms with Crippen LogP contribution in [0.4, 0.5) is 0 Å². The molecule has 102 valence electrons. The molecule has 0 aromatic carbocycles. The van der Waals surface area contributed by atoms with E-state index in [1.54, 1.807) is 6.92 Å². The van der Waals surface area contributed by atoms with Crippen LogP contribution in [0.1, 0.15) is 26.7 Å². The molecule has 1 rings (SSSR count). The third kappa shape index (κ3) is 4.91. The Morgan fingerprint density at radius 2 is 2.18 bits per heavy atom. The maximum Gasteiger partial charge on any atom is 0.215 e. The standard InChI is InChI=1S/C11H25N3O2S/c1-4-12-8-10(2)17(15,16)13-11-6-5-7-14(3)9-11/h10-13H,4-9H2,1-3H3. The normalized spacial score (nSPS) is 24.8. The van der Waals surface area contributed by atoms with Crippen LogP contribution < -0.4 is 10.0 Å². The number of hydrogen-bond donors (Lipinski definition) is 2. The number of hydrogen-bond acceptors (Lipinski definition) is 4. The van der Waals surface area contributed by atoms with E-state index in [1.807, 2.05) is 14.0 Å². The molecular weight excluding hydrogens is 238 g/mol. The van der Waals surface area contributed by atoms with E-state index in [9.17, 15) is 8.42 Å². The van der Waals surface area contributed by atoms with E-state index in [4.69, 9.17) is 0 Å². The van der Waals surface area contributed by atoms with Crippen LogP contribution in [-0.4, -0.2) is 57.8 Å². The lowest BCUT2D eigenvalue weighted by Gasteiger charge is -2.30. The summed E-state index contributed by atoms with van der Waals surface area (Å²) >= 11 is 0. The summed E-state index contributed by atoms with van der Waals surface area (Å²) in [5, 5.41) is 2.69. The minimum atomic E-state index is -3.19. The summed E-state index contributed by atoms with van der Waals surface area (Å²) in [4.78, 5) is 2.17. The van der Waals surface area contributed by atoms with Gasteiger partial charge < -0.3 is 10.2 Å². The van der Waals surface area contributed by atoms with Gasteiger partial charge in [-0.3, -0.25) is 0 Å². The minimum absolute atomic E-state index is 0.0721. The second kappa shape index (κ2) is 6.68. The van der Waals surface area contributed by atoms with E-state index in [0.717, 1.165) is 32.5 Å². The zero-order chi connectivity index (χ0) is 12.9. The van der Waals surface area contributed by atoms with Crippen molar-refractivity contribution in [2.24, 2.45) is 0 Å². The molecule has 0 aromatic heterocycles. The highest BCUT2D eigenvalue weighted by atomic mass is 32.2. The zero-order valence-electron chi connectivity index (χ0n) is 11.1. The molecule has 0 amide bonds. The van der Waals surface area contributed by atoms with Gasteiger partial charge in [-0.15, -0.1) is 0 Å². The second-order valence-corrected chi connectivity index (χ2v) is 7.01. The Balaban J connectivity index is 2.47. The number of rotatable bonds is 6. The number of sulfonamides is 1. The number of likely N-dealkylation sites (tertiary alicyclic amines) is 1. The monoisotopic (exact) mass is 263 g/mol. The molecule has 0 aliphatic carbocycles. The summed E-state index contributed by atoms with van der Waals surface area (Å²) in [5.41, 5.74) is 0.